The molecule has 2 atom stereocenters. The van der Waals surface area contributed by atoms with Crippen molar-refractivity contribution in [1.82, 2.24) is 5.32 Å². The molecule has 0 spiro atoms. The maximum atomic E-state index is 11.5. The second-order valence-corrected chi connectivity index (χ2v) is 3.79. The molecule has 0 radical (unpaired) electrons. The summed E-state index contributed by atoms with van der Waals surface area (Å²) in [4.78, 5) is 22.2. The Hall–Kier alpha value is -1.06. The molecule has 0 aromatic carbocycles. The molecule has 1 fully saturated rings. The Morgan fingerprint density at radius 2 is 2.00 bits per heavy atom. The summed E-state index contributed by atoms with van der Waals surface area (Å²) in [5.41, 5.74) is 0. The van der Waals surface area contributed by atoms with E-state index < -0.39 is 5.97 Å². The van der Waals surface area contributed by atoms with Gasteiger partial charge in [0.05, 0.1) is 5.92 Å². The molecule has 0 aliphatic heterocycles. The van der Waals surface area contributed by atoms with E-state index >= 15 is 0 Å². The second-order valence-electron chi connectivity index (χ2n) is 3.79. The summed E-state index contributed by atoms with van der Waals surface area (Å²) < 4.78 is 0. The molecular weight excluding hydrogens is 182 g/mol. The van der Waals surface area contributed by atoms with Crippen molar-refractivity contribution < 1.29 is 14.7 Å². The molecule has 0 bridgehead atoms. The third kappa shape index (κ3) is 2.72. The minimum Gasteiger partial charge on any atom is -0.481 e. The number of carboxylic acids is 1. The number of amides is 1. The van der Waals surface area contributed by atoms with Crippen LogP contribution in [0.2, 0.25) is 0 Å². The largest absolute Gasteiger partial charge is 0.481 e. The molecule has 80 valence electrons. The van der Waals surface area contributed by atoms with Crippen LogP contribution in [0, 0.1) is 11.8 Å². The monoisotopic (exact) mass is 199 g/mol. The Kier molecular flexibility index (Phi) is 3.92. The quantitative estimate of drug-likeness (QED) is 0.713. The highest BCUT2D eigenvalue weighted by Gasteiger charge is 2.30. The molecular formula is C10H17NO3. The zero-order chi connectivity index (χ0) is 10.6. The van der Waals surface area contributed by atoms with Gasteiger partial charge in [0.25, 0.3) is 0 Å². The van der Waals surface area contributed by atoms with Crippen molar-refractivity contribution in [3.8, 4) is 0 Å². The van der Waals surface area contributed by atoms with Gasteiger partial charge in [0.15, 0.2) is 0 Å². The Morgan fingerprint density at radius 3 is 2.57 bits per heavy atom. The van der Waals surface area contributed by atoms with Crippen LogP contribution in [-0.4, -0.2) is 23.5 Å². The summed E-state index contributed by atoms with van der Waals surface area (Å²) in [6.07, 6.45) is 2.89. The molecule has 1 amide bonds. The number of nitrogens with one attached hydrogen (secondary N) is 1. The van der Waals surface area contributed by atoms with Gasteiger partial charge >= 0.3 is 5.97 Å². The second kappa shape index (κ2) is 4.98. The molecule has 0 heterocycles. The summed E-state index contributed by atoms with van der Waals surface area (Å²) in [6.45, 7) is 2.49. The zero-order valence-corrected chi connectivity index (χ0v) is 8.45. The molecule has 1 aliphatic carbocycles. The van der Waals surface area contributed by atoms with Crippen molar-refractivity contribution in [2.75, 3.05) is 6.54 Å². The number of hydrogen-bond acceptors (Lipinski definition) is 2. The predicted molar refractivity (Wildman–Crippen MR) is 51.8 cm³/mol. The average Bonchev–Trinajstić information content (AvgIpc) is 2.18. The van der Waals surface area contributed by atoms with Gasteiger partial charge in [-0.1, -0.05) is 6.42 Å². The molecule has 4 heteroatoms. The highest BCUT2D eigenvalue weighted by molar-refractivity contribution is 5.80. The highest BCUT2D eigenvalue weighted by atomic mass is 16.4. The lowest BCUT2D eigenvalue weighted by Crippen LogP contribution is -2.35. The minimum atomic E-state index is -0.765. The summed E-state index contributed by atoms with van der Waals surface area (Å²) in [7, 11) is 0. The first-order valence-corrected chi connectivity index (χ1v) is 5.15. The van der Waals surface area contributed by atoms with Crippen molar-refractivity contribution in [1.29, 1.82) is 0 Å². The van der Waals surface area contributed by atoms with Gasteiger partial charge in [0, 0.05) is 12.5 Å². The number of carboxylic acid groups (broad SMARTS) is 1. The van der Waals surface area contributed by atoms with Crippen LogP contribution >= 0.6 is 0 Å². The molecule has 1 rings (SSSR count). The van der Waals surface area contributed by atoms with Crippen LogP contribution in [0.15, 0.2) is 0 Å². The first kappa shape index (κ1) is 11.0. The van der Waals surface area contributed by atoms with Crippen LogP contribution in [-0.2, 0) is 9.59 Å². The van der Waals surface area contributed by atoms with Crippen molar-refractivity contribution in [3.63, 3.8) is 0 Å². The SMILES string of the molecule is CCNC(=O)C1CCCC(C(=O)O)C1. The fraction of sp³-hybridized carbons (Fsp3) is 0.800. The molecule has 0 saturated heterocycles. The van der Waals surface area contributed by atoms with Gasteiger partial charge < -0.3 is 10.4 Å². The number of carbonyl (C=O) groups is 2. The van der Waals surface area contributed by atoms with Crippen LogP contribution in [0.25, 0.3) is 0 Å². The van der Waals surface area contributed by atoms with E-state index in [-0.39, 0.29) is 17.7 Å². The van der Waals surface area contributed by atoms with Crippen molar-refractivity contribution in [2.24, 2.45) is 11.8 Å². The lowest BCUT2D eigenvalue weighted by molar-refractivity contribution is -0.144. The Balaban J connectivity index is 2.47. The number of carbonyl (C=O) groups excluding carboxylic acids is 1. The third-order valence-corrected chi connectivity index (χ3v) is 2.75. The van der Waals surface area contributed by atoms with Crippen molar-refractivity contribution >= 4 is 11.9 Å². The van der Waals surface area contributed by atoms with Gasteiger partial charge in [0.1, 0.15) is 0 Å². The van der Waals surface area contributed by atoms with Crippen LogP contribution in [0.1, 0.15) is 32.6 Å². The fourth-order valence-corrected chi connectivity index (χ4v) is 1.97. The van der Waals surface area contributed by atoms with Crippen molar-refractivity contribution in [3.05, 3.63) is 0 Å². The first-order chi connectivity index (χ1) is 6.65. The molecule has 1 aliphatic rings. The maximum Gasteiger partial charge on any atom is 0.306 e. The molecule has 2 unspecified atom stereocenters. The Bertz CT molecular complexity index is 227. The van der Waals surface area contributed by atoms with Gasteiger partial charge in [0.2, 0.25) is 5.91 Å². The predicted octanol–water partition coefficient (Wildman–Crippen LogP) is 1.01. The van der Waals surface area contributed by atoms with Gasteiger partial charge in [-0.25, -0.2) is 0 Å². The van der Waals surface area contributed by atoms with Crippen LogP contribution in [0.5, 0.6) is 0 Å². The van der Waals surface area contributed by atoms with Gasteiger partial charge in [-0.05, 0) is 26.2 Å². The fourth-order valence-electron chi connectivity index (χ4n) is 1.97. The lowest BCUT2D eigenvalue weighted by Gasteiger charge is -2.25. The van der Waals surface area contributed by atoms with E-state index in [1.165, 1.54) is 0 Å². The molecule has 0 aromatic rings. The summed E-state index contributed by atoms with van der Waals surface area (Å²) in [6, 6.07) is 0. The standard InChI is InChI=1S/C10H17NO3/c1-2-11-9(12)7-4-3-5-8(6-7)10(13)14/h7-8H,2-6H2,1H3,(H,11,12)(H,13,14). The van der Waals surface area contributed by atoms with Crippen LogP contribution in [0.4, 0.5) is 0 Å². The number of hydrogen-bond donors (Lipinski definition) is 2. The Morgan fingerprint density at radius 1 is 1.36 bits per heavy atom. The molecule has 0 aromatic heterocycles. The van der Waals surface area contributed by atoms with Crippen LogP contribution in [0.3, 0.4) is 0 Å². The molecule has 14 heavy (non-hydrogen) atoms. The number of aliphatic carboxylic acids is 1. The van der Waals surface area contributed by atoms with E-state index in [4.69, 9.17) is 5.11 Å². The maximum absolute atomic E-state index is 11.5. The van der Waals surface area contributed by atoms with E-state index in [1.54, 1.807) is 0 Å². The van der Waals surface area contributed by atoms with E-state index in [0.717, 1.165) is 12.8 Å². The molecule has 2 N–H and O–H groups in total. The van der Waals surface area contributed by atoms with Gasteiger partial charge in [-0.2, -0.15) is 0 Å². The minimum absolute atomic E-state index is 0.0125. The van der Waals surface area contributed by atoms with E-state index in [0.29, 0.717) is 19.4 Å². The van der Waals surface area contributed by atoms with E-state index in [1.807, 2.05) is 6.92 Å². The number of rotatable bonds is 3. The first-order valence-electron chi connectivity index (χ1n) is 5.15. The molecule has 4 nitrogen and oxygen atoms in total. The molecule has 1 saturated carbocycles. The Labute approximate surface area is 83.7 Å². The highest BCUT2D eigenvalue weighted by Crippen LogP contribution is 2.29. The summed E-state index contributed by atoms with van der Waals surface area (Å²) in [5, 5.41) is 11.6. The topological polar surface area (TPSA) is 66.4 Å². The summed E-state index contributed by atoms with van der Waals surface area (Å²) in [5.74, 6) is -1.17. The summed E-state index contributed by atoms with van der Waals surface area (Å²) >= 11 is 0. The van der Waals surface area contributed by atoms with E-state index in [2.05, 4.69) is 5.32 Å². The van der Waals surface area contributed by atoms with E-state index in [9.17, 15) is 9.59 Å². The smallest absolute Gasteiger partial charge is 0.306 e. The van der Waals surface area contributed by atoms with Gasteiger partial charge in [-0.15, -0.1) is 0 Å². The van der Waals surface area contributed by atoms with Gasteiger partial charge in [-0.3, -0.25) is 9.59 Å². The normalized spacial score (nSPS) is 26.9. The van der Waals surface area contributed by atoms with Crippen molar-refractivity contribution in [2.45, 2.75) is 32.6 Å². The third-order valence-electron chi connectivity index (χ3n) is 2.75. The average molecular weight is 199 g/mol. The van der Waals surface area contributed by atoms with Crippen LogP contribution < -0.4 is 5.32 Å². The zero-order valence-electron chi connectivity index (χ0n) is 8.45. The lowest BCUT2D eigenvalue weighted by atomic mass is 9.81.